The van der Waals surface area contributed by atoms with E-state index >= 15 is 0 Å². The second-order valence-corrected chi connectivity index (χ2v) is 3.99. The first-order chi connectivity index (χ1) is 6.74. The van der Waals surface area contributed by atoms with Crippen LogP contribution in [0.1, 0.15) is 30.1 Å². The minimum absolute atomic E-state index is 0.0687. The number of H-pyrrole nitrogens is 1. The fraction of sp³-hybridized carbons (Fsp3) is 0.556. The van der Waals surface area contributed by atoms with Gasteiger partial charge in [0.05, 0.1) is 11.8 Å². The summed E-state index contributed by atoms with van der Waals surface area (Å²) in [5.41, 5.74) is 0.579. The van der Waals surface area contributed by atoms with E-state index in [1.165, 1.54) is 6.20 Å². The van der Waals surface area contributed by atoms with Crippen molar-refractivity contribution in [2.24, 2.45) is 0 Å². The van der Waals surface area contributed by atoms with Crippen LogP contribution < -0.4 is 5.32 Å². The Morgan fingerprint density at radius 3 is 3.14 bits per heavy atom. The molecule has 0 saturated heterocycles. The Kier molecular flexibility index (Phi) is 4.65. The highest BCUT2D eigenvalue weighted by molar-refractivity contribution is 9.09. The Morgan fingerprint density at radius 1 is 1.79 bits per heavy atom. The average molecular weight is 260 g/mol. The Morgan fingerprint density at radius 2 is 2.57 bits per heavy atom. The van der Waals surface area contributed by atoms with Crippen molar-refractivity contribution in [1.29, 1.82) is 0 Å². The van der Waals surface area contributed by atoms with Gasteiger partial charge in [0.2, 0.25) is 0 Å². The molecule has 0 bridgehead atoms. The largest absolute Gasteiger partial charge is 0.349 e. The smallest absolute Gasteiger partial charge is 0.254 e. The van der Waals surface area contributed by atoms with Gasteiger partial charge in [-0.25, -0.2) is 0 Å². The highest BCUT2D eigenvalue weighted by Gasteiger charge is 2.09. The first-order valence-electron chi connectivity index (χ1n) is 4.59. The molecule has 0 aliphatic heterocycles. The van der Waals surface area contributed by atoms with Gasteiger partial charge in [0.1, 0.15) is 0 Å². The number of alkyl halides is 1. The number of halogens is 1. The number of rotatable bonds is 5. The molecule has 1 rings (SSSR count). The highest BCUT2D eigenvalue weighted by Crippen LogP contribution is 2.01. The molecule has 78 valence electrons. The van der Waals surface area contributed by atoms with Gasteiger partial charge in [0.15, 0.2) is 0 Å². The van der Waals surface area contributed by atoms with Crippen molar-refractivity contribution in [2.45, 2.75) is 25.8 Å². The van der Waals surface area contributed by atoms with Crippen molar-refractivity contribution in [3.8, 4) is 0 Å². The average Bonchev–Trinajstić information content (AvgIpc) is 2.67. The maximum absolute atomic E-state index is 11.5. The maximum atomic E-state index is 11.5. The standard InChI is InChI=1S/C9H14BrN3O/c1-7(3-2-4-10)13-9(14)8-5-11-12-6-8/h5-7H,2-4H2,1H3,(H,11,12)(H,13,14). The fourth-order valence-electron chi connectivity index (χ4n) is 1.14. The molecule has 0 radical (unpaired) electrons. The van der Waals surface area contributed by atoms with Crippen LogP contribution in [-0.2, 0) is 0 Å². The minimum Gasteiger partial charge on any atom is -0.349 e. The summed E-state index contributed by atoms with van der Waals surface area (Å²) >= 11 is 3.36. The SMILES string of the molecule is CC(CCCBr)NC(=O)c1cn[nH]c1. The van der Waals surface area contributed by atoms with Gasteiger partial charge >= 0.3 is 0 Å². The van der Waals surface area contributed by atoms with Gasteiger partial charge in [-0.3, -0.25) is 9.89 Å². The lowest BCUT2D eigenvalue weighted by atomic mass is 10.2. The van der Waals surface area contributed by atoms with Crippen LogP contribution in [0.15, 0.2) is 12.4 Å². The summed E-state index contributed by atoms with van der Waals surface area (Å²) in [5.74, 6) is -0.0687. The second kappa shape index (κ2) is 5.80. The summed E-state index contributed by atoms with van der Waals surface area (Å²) in [7, 11) is 0. The number of nitrogens with one attached hydrogen (secondary N) is 2. The Balaban J connectivity index is 2.34. The number of hydrogen-bond donors (Lipinski definition) is 2. The zero-order valence-corrected chi connectivity index (χ0v) is 9.67. The number of hydrogen-bond acceptors (Lipinski definition) is 2. The topological polar surface area (TPSA) is 57.8 Å². The third-order valence-electron chi connectivity index (χ3n) is 1.91. The molecule has 1 atom stereocenters. The van der Waals surface area contributed by atoms with E-state index in [2.05, 4.69) is 31.4 Å². The zero-order chi connectivity index (χ0) is 10.4. The van der Waals surface area contributed by atoms with E-state index in [-0.39, 0.29) is 11.9 Å². The van der Waals surface area contributed by atoms with Crippen LogP contribution in [0, 0.1) is 0 Å². The molecule has 1 heterocycles. The van der Waals surface area contributed by atoms with Crippen LogP contribution in [-0.4, -0.2) is 27.5 Å². The molecule has 0 fully saturated rings. The normalized spacial score (nSPS) is 12.4. The van der Waals surface area contributed by atoms with E-state index in [4.69, 9.17) is 0 Å². The van der Waals surface area contributed by atoms with Gasteiger partial charge < -0.3 is 5.32 Å². The molecule has 0 aliphatic rings. The Hall–Kier alpha value is -0.840. The summed E-state index contributed by atoms with van der Waals surface area (Å²) in [5, 5.41) is 10.2. The van der Waals surface area contributed by atoms with Crippen molar-refractivity contribution in [1.82, 2.24) is 15.5 Å². The van der Waals surface area contributed by atoms with E-state index in [9.17, 15) is 4.79 Å². The van der Waals surface area contributed by atoms with Crippen molar-refractivity contribution >= 4 is 21.8 Å². The predicted octanol–water partition coefficient (Wildman–Crippen LogP) is 1.70. The molecular formula is C9H14BrN3O. The summed E-state index contributed by atoms with van der Waals surface area (Å²) < 4.78 is 0. The molecule has 0 aliphatic carbocycles. The molecule has 5 heteroatoms. The number of carbonyl (C=O) groups is 1. The minimum atomic E-state index is -0.0687. The lowest BCUT2D eigenvalue weighted by molar-refractivity contribution is 0.0938. The van der Waals surface area contributed by atoms with Crippen LogP contribution in [0.2, 0.25) is 0 Å². The first kappa shape index (κ1) is 11.2. The molecule has 1 aromatic heterocycles. The lowest BCUT2D eigenvalue weighted by Gasteiger charge is -2.11. The van der Waals surface area contributed by atoms with Crippen molar-refractivity contribution < 1.29 is 4.79 Å². The zero-order valence-electron chi connectivity index (χ0n) is 8.09. The summed E-state index contributed by atoms with van der Waals surface area (Å²) in [4.78, 5) is 11.5. The van der Waals surface area contributed by atoms with Gasteiger partial charge in [-0.05, 0) is 19.8 Å². The molecular weight excluding hydrogens is 246 g/mol. The number of aromatic amines is 1. The number of amides is 1. The lowest BCUT2D eigenvalue weighted by Crippen LogP contribution is -2.32. The second-order valence-electron chi connectivity index (χ2n) is 3.19. The van der Waals surface area contributed by atoms with Crippen LogP contribution in [0.25, 0.3) is 0 Å². The van der Waals surface area contributed by atoms with E-state index in [0.29, 0.717) is 5.56 Å². The van der Waals surface area contributed by atoms with E-state index < -0.39 is 0 Å². The molecule has 0 aromatic carbocycles. The third-order valence-corrected chi connectivity index (χ3v) is 2.47. The van der Waals surface area contributed by atoms with E-state index in [1.807, 2.05) is 6.92 Å². The van der Waals surface area contributed by atoms with Gasteiger partial charge in [-0.15, -0.1) is 0 Å². The predicted molar refractivity (Wildman–Crippen MR) is 58.5 cm³/mol. The molecule has 0 saturated carbocycles. The van der Waals surface area contributed by atoms with Crippen molar-refractivity contribution in [2.75, 3.05) is 5.33 Å². The van der Waals surface area contributed by atoms with Crippen molar-refractivity contribution in [3.63, 3.8) is 0 Å². The molecule has 1 aromatic rings. The Bertz CT molecular complexity index is 274. The van der Waals surface area contributed by atoms with Crippen LogP contribution >= 0.6 is 15.9 Å². The quantitative estimate of drug-likeness (QED) is 0.792. The van der Waals surface area contributed by atoms with Gasteiger partial charge in [0.25, 0.3) is 5.91 Å². The van der Waals surface area contributed by atoms with Crippen LogP contribution in [0.4, 0.5) is 0 Å². The van der Waals surface area contributed by atoms with E-state index in [0.717, 1.165) is 18.2 Å². The third kappa shape index (κ3) is 3.49. The molecule has 14 heavy (non-hydrogen) atoms. The monoisotopic (exact) mass is 259 g/mol. The van der Waals surface area contributed by atoms with Gasteiger partial charge in [-0.2, -0.15) is 5.10 Å². The number of carbonyl (C=O) groups excluding carboxylic acids is 1. The molecule has 4 nitrogen and oxygen atoms in total. The number of nitrogens with zero attached hydrogens (tertiary/aromatic N) is 1. The van der Waals surface area contributed by atoms with Gasteiger partial charge in [0, 0.05) is 17.6 Å². The number of aromatic nitrogens is 2. The molecule has 0 spiro atoms. The van der Waals surface area contributed by atoms with E-state index in [1.54, 1.807) is 6.20 Å². The summed E-state index contributed by atoms with van der Waals surface area (Å²) in [6.45, 7) is 2.00. The van der Waals surface area contributed by atoms with Gasteiger partial charge in [-0.1, -0.05) is 15.9 Å². The van der Waals surface area contributed by atoms with Crippen LogP contribution in [0.5, 0.6) is 0 Å². The fourth-order valence-corrected chi connectivity index (χ4v) is 1.46. The maximum Gasteiger partial charge on any atom is 0.254 e. The summed E-state index contributed by atoms with van der Waals surface area (Å²) in [6.07, 6.45) is 5.15. The Labute approximate surface area is 91.6 Å². The highest BCUT2D eigenvalue weighted by atomic mass is 79.9. The molecule has 2 N–H and O–H groups in total. The first-order valence-corrected chi connectivity index (χ1v) is 5.71. The van der Waals surface area contributed by atoms with Crippen molar-refractivity contribution in [3.05, 3.63) is 18.0 Å². The molecule has 1 unspecified atom stereocenters. The molecule has 1 amide bonds. The van der Waals surface area contributed by atoms with Crippen LogP contribution in [0.3, 0.4) is 0 Å². The summed E-state index contributed by atoms with van der Waals surface area (Å²) in [6, 6.07) is 0.204.